The van der Waals surface area contributed by atoms with Crippen molar-refractivity contribution in [1.82, 2.24) is 4.98 Å². The Morgan fingerprint density at radius 1 is 1.37 bits per heavy atom. The molecule has 0 atom stereocenters. The van der Waals surface area contributed by atoms with Crippen LogP contribution < -0.4 is 11.1 Å². The van der Waals surface area contributed by atoms with Crippen LogP contribution in [0.3, 0.4) is 0 Å². The molecule has 0 bridgehead atoms. The van der Waals surface area contributed by atoms with Gasteiger partial charge in [0.05, 0.1) is 17.4 Å². The molecular formula is C14H15N3O2. The van der Waals surface area contributed by atoms with Gasteiger partial charge in [-0.2, -0.15) is 0 Å². The van der Waals surface area contributed by atoms with Crippen LogP contribution in [0.25, 0.3) is 0 Å². The fraction of sp³-hybridized carbons (Fsp3) is 0.143. The van der Waals surface area contributed by atoms with E-state index in [0.29, 0.717) is 12.2 Å². The second kappa shape index (κ2) is 5.39. The van der Waals surface area contributed by atoms with Crippen LogP contribution in [0.1, 0.15) is 21.5 Å². The fourth-order valence-electron chi connectivity index (χ4n) is 1.69. The summed E-state index contributed by atoms with van der Waals surface area (Å²) in [6, 6.07) is 9.35. The number of nitrogens with zero attached hydrogens (tertiary/aromatic N) is 1. The maximum absolute atomic E-state index is 11.1. The van der Waals surface area contributed by atoms with Crippen LogP contribution >= 0.6 is 0 Å². The van der Waals surface area contributed by atoms with Crippen LogP contribution in [0.5, 0.6) is 0 Å². The van der Waals surface area contributed by atoms with Crippen molar-refractivity contribution in [3.8, 4) is 0 Å². The van der Waals surface area contributed by atoms with Crippen molar-refractivity contribution >= 4 is 17.5 Å². The Bertz CT molecular complexity index is 594. The second-order valence-electron chi connectivity index (χ2n) is 4.30. The first kappa shape index (κ1) is 12.9. The van der Waals surface area contributed by atoms with Gasteiger partial charge in [-0.25, -0.2) is 9.78 Å². The molecule has 0 spiro atoms. The zero-order chi connectivity index (χ0) is 13.8. The molecule has 98 valence electrons. The maximum Gasteiger partial charge on any atom is 0.337 e. The molecule has 0 radical (unpaired) electrons. The van der Waals surface area contributed by atoms with Gasteiger partial charge in [0.15, 0.2) is 0 Å². The SMILES string of the molecule is Cc1ccc(CNc2cnc(N)cc2C(=O)O)cc1. The number of carboxylic acids is 1. The van der Waals surface area contributed by atoms with Crippen LogP contribution in [0.2, 0.25) is 0 Å². The Morgan fingerprint density at radius 2 is 2.05 bits per heavy atom. The third kappa shape index (κ3) is 3.22. The summed E-state index contributed by atoms with van der Waals surface area (Å²) in [7, 11) is 0. The van der Waals surface area contributed by atoms with E-state index >= 15 is 0 Å². The van der Waals surface area contributed by atoms with E-state index in [0.717, 1.165) is 5.56 Å². The number of hydrogen-bond acceptors (Lipinski definition) is 4. The maximum atomic E-state index is 11.1. The molecule has 0 aliphatic heterocycles. The van der Waals surface area contributed by atoms with Crippen molar-refractivity contribution < 1.29 is 9.90 Å². The number of pyridine rings is 1. The minimum Gasteiger partial charge on any atom is -0.478 e. The zero-order valence-electron chi connectivity index (χ0n) is 10.6. The van der Waals surface area contributed by atoms with Gasteiger partial charge in [0.1, 0.15) is 5.82 Å². The summed E-state index contributed by atoms with van der Waals surface area (Å²) in [5.74, 6) is -0.834. The van der Waals surface area contributed by atoms with E-state index in [1.54, 1.807) is 0 Å². The standard InChI is InChI=1S/C14H15N3O2/c1-9-2-4-10(5-3-9)7-16-12-8-17-13(15)6-11(12)14(18)19/h2-6,8,16H,7H2,1H3,(H2,15,17)(H,18,19). The van der Waals surface area contributed by atoms with Crippen molar-refractivity contribution in [2.24, 2.45) is 0 Å². The summed E-state index contributed by atoms with van der Waals surface area (Å²) in [6.45, 7) is 2.55. The number of nitrogens with two attached hydrogens (primary N) is 1. The molecule has 2 aromatic rings. The smallest absolute Gasteiger partial charge is 0.337 e. The van der Waals surface area contributed by atoms with Crippen molar-refractivity contribution in [3.05, 3.63) is 53.2 Å². The van der Waals surface area contributed by atoms with E-state index in [1.807, 2.05) is 31.2 Å². The molecule has 0 unspecified atom stereocenters. The van der Waals surface area contributed by atoms with Crippen molar-refractivity contribution in [1.29, 1.82) is 0 Å². The minimum absolute atomic E-state index is 0.125. The molecular weight excluding hydrogens is 242 g/mol. The summed E-state index contributed by atoms with van der Waals surface area (Å²) in [5.41, 5.74) is 8.32. The fourth-order valence-corrected chi connectivity index (χ4v) is 1.69. The minimum atomic E-state index is -1.03. The van der Waals surface area contributed by atoms with Gasteiger partial charge in [0.25, 0.3) is 0 Å². The highest BCUT2D eigenvalue weighted by molar-refractivity contribution is 5.94. The predicted octanol–water partition coefficient (Wildman–Crippen LogP) is 2.28. The quantitative estimate of drug-likeness (QED) is 0.782. The number of nitrogen functional groups attached to an aromatic ring is 1. The molecule has 2 rings (SSSR count). The average molecular weight is 257 g/mol. The molecule has 1 aromatic heterocycles. The number of nitrogens with one attached hydrogen (secondary N) is 1. The number of carbonyl (C=O) groups is 1. The van der Waals surface area contributed by atoms with Crippen molar-refractivity contribution in [2.45, 2.75) is 13.5 Å². The highest BCUT2D eigenvalue weighted by atomic mass is 16.4. The van der Waals surface area contributed by atoms with Crippen LogP contribution in [-0.2, 0) is 6.54 Å². The van der Waals surface area contributed by atoms with E-state index in [4.69, 9.17) is 10.8 Å². The Kier molecular flexibility index (Phi) is 3.66. The summed E-state index contributed by atoms with van der Waals surface area (Å²) in [4.78, 5) is 15.0. The summed E-state index contributed by atoms with van der Waals surface area (Å²) >= 11 is 0. The zero-order valence-corrected chi connectivity index (χ0v) is 10.6. The first-order valence-corrected chi connectivity index (χ1v) is 5.84. The molecule has 19 heavy (non-hydrogen) atoms. The van der Waals surface area contributed by atoms with Crippen molar-refractivity contribution in [3.63, 3.8) is 0 Å². The molecule has 0 aliphatic carbocycles. The van der Waals surface area contributed by atoms with Crippen LogP contribution in [0.15, 0.2) is 36.5 Å². The van der Waals surface area contributed by atoms with E-state index in [-0.39, 0.29) is 11.4 Å². The molecule has 1 aromatic carbocycles. The summed E-state index contributed by atoms with van der Waals surface area (Å²) in [5, 5.41) is 12.2. The molecule has 5 heteroatoms. The Hall–Kier alpha value is -2.56. The normalized spacial score (nSPS) is 10.2. The molecule has 0 saturated heterocycles. The first-order valence-electron chi connectivity index (χ1n) is 5.84. The van der Waals surface area contributed by atoms with E-state index in [1.165, 1.54) is 17.8 Å². The van der Waals surface area contributed by atoms with Gasteiger partial charge in [-0.05, 0) is 18.6 Å². The number of aromatic carboxylic acids is 1. The van der Waals surface area contributed by atoms with Gasteiger partial charge in [-0.1, -0.05) is 29.8 Å². The highest BCUT2D eigenvalue weighted by Gasteiger charge is 2.10. The van der Waals surface area contributed by atoms with Gasteiger partial charge in [0.2, 0.25) is 0 Å². The lowest BCUT2D eigenvalue weighted by molar-refractivity contribution is 0.0698. The molecule has 0 fully saturated rings. The molecule has 0 saturated carbocycles. The second-order valence-corrected chi connectivity index (χ2v) is 4.30. The van der Waals surface area contributed by atoms with Gasteiger partial charge in [-0.3, -0.25) is 0 Å². The number of rotatable bonds is 4. The van der Waals surface area contributed by atoms with E-state index < -0.39 is 5.97 Å². The molecule has 1 heterocycles. The van der Waals surface area contributed by atoms with Gasteiger partial charge in [-0.15, -0.1) is 0 Å². The third-order valence-electron chi connectivity index (χ3n) is 2.76. The summed E-state index contributed by atoms with van der Waals surface area (Å²) < 4.78 is 0. The monoisotopic (exact) mass is 257 g/mol. The summed E-state index contributed by atoms with van der Waals surface area (Å²) in [6.07, 6.45) is 1.44. The van der Waals surface area contributed by atoms with Crippen LogP contribution in [0, 0.1) is 6.92 Å². The lowest BCUT2D eigenvalue weighted by Crippen LogP contribution is -2.08. The lowest BCUT2D eigenvalue weighted by Gasteiger charge is -2.10. The largest absolute Gasteiger partial charge is 0.478 e. The third-order valence-corrected chi connectivity index (χ3v) is 2.76. The molecule has 0 amide bonds. The topological polar surface area (TPSA) is 88.2 Å². The van der Waals surface area contributed by atoms with E-state index in [2.05, 4.69) is 10.3 Å². The Labute approximate surface area is 111 Å². The van der Waals surface area contributed by atoms with Crippen molar-refractivity contribution in [2.75, 3.05) is 11.1 Å². The average Bonchev–Trinajstić information content (AvgIpc) is 2.39. The lowest BCUT2D eigenvalue weighted by atomic mass is 10.1. The number of aromatic nitrogens is 1. The number of anilines is 2. The molecule has 4 N–H and O–H groups in total. The van der Waals surface area contributed by atoms with E-state index in [9.17, 15) is 4.79 Å². The van der Waals surface area contributed by atoms with Crippen LogP contribution in [0.4, 0.5) is 11.5 Å². The Balaban J connectivity index is 2.15. The number of benzene rings is 1. The Morgan fingerprint density at radius 3 is 2.68 bits per heavy atom. The van der Waals surface area contributed by atoms with Gasteiger partial charge < -0.3 is 16.2 Å². The van der Waals surface area contributed by atoms with Crippen LogP contribution in [-0.4, -0.2) is 16.1 Å². The van der Waals surface area contributed by atoms with Gasteiger partial charge >= 0.3 is 5.97 Å². The number of carboxylic acid groups (broad SMARTS) is 1. The molecule has 0 aliphatic rings. The van der Waals surface area contributed by atoms with Gasteiger partial charge in [0, 0.05) is 6.54 Å². The number of hydrogen-bond donors (Lipinski definition) is 3. The predicted molar refractivity (Wildman–Crippen MR) is 74.1 cm³/mol. The number of aryl methyl sites for hydroxylation is 1. The molecule has 5 nitrogen and oxygen atoms in total. The first-order chi connectivity index (χ1) is 9.06. The highest BCUT2D eigenvalue weighted by Crippen LogP contribution is 2.17.